The van der Waals surface area contributed by atoms with E-state index in [1.165, 1.54) is 12.7 Å². The van der Waals surface area contributed by atoms with Gasteiger partial charge in [-0.15, -0.1) is 0 Å². The van der Waals surface area contributed by atoms with Gasteiger partial charge in [0.15, 0.2) is 17.7 Å². The quantitative estimate of drug-likeness (QED) is 0.0878. The maximum Gasteiger partial charge on any atom is 0.337 e. The first kappa shape index (κ1) is 32.4. The zero-order valence-corrected chi connectivity index (χ0v) is 26.4. The molecule has 0 aromatic heterocycles. The van der Waals surface area contributed by atoms with Crippen molar-refractivity contribution in [2.45, 2.75) is 39.6 Å². The molecule has 1 heterocycles. The van der Waals surface area contributed by atoms with Gasteiger partial charge < -0.3 is 34.7 Å². The third-order valence-corrected chi connectivity index (χ3v) is 7.20. The van der Waals surface area contributed by atoms with Gasteiger partial charge in [0.25, 0.3) is 0 Å². The highest BCUT2D eigenvalue weighted by Crippen LogP contribution is 2.35. The zero-order valence-electron chi connectivity index (χ0n) is 24.8. The number of nitrogens with zero attached hydrogens (tertiary/aromatic N) is 1. The summed E-state index contributed by atoms with van der Waals surface area (Å²) in [5.41, 5.74) is 6.96. The van der Waals surface area contributed by atoms with Crippen molar-refractivity contribution in [3.63, 3.8) is 0 Å². The van der Waals surface area contributed by atoms with Crippen LogP contribution in [0.25, 0.3) is 0 Å². The van der Waals surface area contributed by atoms with E-state index in [1.54, 1.807) is 31.3 Å². The topological polar surface area (TPSA) is 140 Å². The summed E-state index contributed by atoms with van der Waals surface area (Å²) in [5, 5.41) is 19.9. The first-order chi connectivity index (χ1) is 21.2. The first-order valence-electron chi connectivity index (χ1n) is 13.9. The number of hydrogen-bond acceptors (Lipinski definition) is 9. The Balaban J connectivity index is 1.34. The van der Waals surface area contributed by atoms with E-state index in [0.29, 0.717) is 41.7 Å². The molecule has 0 saturated carbocycles. The van der Waals surface area contributed by atoms with E-state index in [4.69, 9.17) is 18.9 Å². The number of carbonyl (C=O) groups is 2. The number of allylic oxidation sites excluding steroid dienone is 1. The van der Waals surface area contributed by atoms with Gasteiger partial charge in [-0.1, -0.05) is 35.9 Å². The molecule has 0 spiro atoms. The molecule has 44 heavy (non-hydrogen) atoms. The minimum atomic E-state index is -1.12. The number of aliphatic hydroxyl groups excluding tert-OH is 1. The molecule has 1 aliphatic rings. The zero-order chi connectivity index (χ0) is 31.6. The Hall–Kier alpha value is -4.55. The number of aliphatic hydroxyl groups is 1. The highest BCUT2D eigenvalue weighted by molar-refractivity contribution is 9.10. The van der Waals surface area contributed by atoms with E-state index in [9.17, 15) is 14.7 Å². The lowest BCUT2D eigenvalue weighted by atomic mass is 9.95. The Morgan fingerprint density at radius 3 is 2.50 bits per heavy atom. The predicted molar refractivity (Wildman–Crippen MR) is 169 cm³/mol. The normalized spacial score (nSPS) is 15.3. The van der Waals surface area contributed by atoms with Crippen molar-refractivity contribution in [1.82, 2.24) is 16.1 Å². The van der Waals surface area contributed by atoms with Crippen LogP contribution in [0.4, 0.5) is 4.79 Å². The lowest BCUT2D eigenvalue weighted by molar-refractivity contribution is -0.136. The Bertz CT molecular complexity index is 1540. The summed E-state index contributed by atoms with van der Waals surface area (Å²) in [4.78, 5) is 24.6. The molecule has 0 radical (unpaired) electrons. The summed E-state index contributed by atoms with van der Waals surface area (Å²) in [7, 11) is 1.28. The van der Waals surface area contributed by atoms with Gasteiger partial charge in [0.1, 0.15) is 19.0 Å². The number of amides is 2. The molecule has 3 aromatic rings. The maximum absolute atomic E-state index is 12.4. The van der Waals surface area contributed by atoms with Crippen molar-refractivity contribution in [3.8, 4) is 17.2 Å². The molecule has 4 N–H and O–H groups in total. The number of urea groups is 1. The van der Waals surface area contributed by atoms with Gasteiger partial charge in [0.05, 0.1) is 36.0 Å². The number of hydrogen-bond donors (Lipinski definition) is 4. The number of aryl methyl sites for hydroxylation is 1. The monoisotopic (exact) mass is 666 g/mol. The number of nitrogens with one attached hydrogen (secondary N) is 3. The average molecular weight is 668 g/mol. The largest absolute Gasteiger partial charge is 0.490 e. The van der Waals surface area contributed by atoms with Crippen LogP contribution in [0.15, 0.2) is 81.5 Å². The number of rotatable bonds is 13. The second-order valence-corrected chi connectivity index (χ2v) is 10.7. The Labute approximate surface area is 264 Å². The number of halogens is 1. The van der Waals surface area contributed by atoms with E-state index in [0.717, 1.165) is 15.6 Å². The molecule has 4 rings (SSSR count). The van der Waals surface area contributed by atoms with E-state index in [1.807, 2.05) is 56.3 Å². The lowest BCUT2D eigenvalue weighted by Gasteiger charge is -2.28. The molecular formula is C32H35BrN4O7. The van der Waals surface area contributed by atoms with E-state index >= 15 is 0 Å². The summed E-state index contributed by atoms with van der Waals surface area (Å²) in [5.74, 6) is 0.884. The summed E-state index contributed by atoms with van der Waals surface area (Å²) in [6.07, 6.45) is 0.445. The number of hydrazone groups is 1. The second kappa shape index (κ2) is 15.3. The molecule has 0 fully saturated rings. The maximum atomic E-state index is 12.4. The van der Waals surface area contributed by atoms with Crippen molar-refractivity contribution in [2.75, 3.05) is 20.3 Å². The highest BCUT2D eigenvalue weighted by Gasteiger charge is 2.32. The van der Waals surface area contributed by atoms with Gasteiger partial charge in [0, 0.05) is 5.70 Å². The lowest BCUT2D eigenvalue weighted by Crippen LogP contribution is -2.45. The molecule has 0 bridgehead atoms. The van der Waals surface area contributed by atoms with Gasteiger partial charge in [-0.3, -0.25) is 5.43 Å². The predicted octanol–water partition coefficient (Wildman–Crippen LogP) is 4.86. The van der Waals surface area contributed by atoms with Crippen LogP contribution in [0.3, 0.4) is 0 Å². The van der Waals surface area contributed by atoms with E-state index in [-0.39, 0.29) is 12.2 Å². The molecular weight excluding hydrogens is 632 g/mol. The smallest absolute Gasteiger partial charge is 0.337 e. The van der Waals surface area contributed by atoms with Crippen molar-refractivity contribution in [2.24, 2.45) is 5.10 Å². The molecule has 0 unspecified atom stereocenters. The van der Waals surface area contributed by atoms with Gasteiger partial charge in [-0.25, -0.2) is 9.59 Å². The molecule has 2 atom stereocenters. The minimum absolute atomic E-state index is 0.136. The van der Waals surface area contributed by atoms with Crippen LogP contribution in [-0.4, -0.2) is 49.9 Å². The molecule has 1 aliphatic heterocycles. The summed E-state index contributed by atoms with van der Waals surface area (Å²) in [6.45, 7) is 6.15. The number of carbonyl (C=O) groups excluding carboxylic acids is 2. The minimum Gasteiger partial charge on any atom is -0.490 e. The van der Waals surface area contributed by atoms with Gasteiger partial charge in [-0.05, 0) is 83.7 Å². The van der Waals surface area contributed by atoms with Crippen LogP contribution in [0.1, 0.15) is 42.1 Å². The molecule has 0 aliphatic carbocycles. The van der Waals surface area contributed by atoms with Crippen LogP contribution < -0.4 is 30.3 Å². The fourth-order valence-corrected chi connectivity index (χ4v) is 4.89. The summed E-state index contributed by atoms with van der Waals surface area (Å²) in [6, 6.07) is 17.6. The average Bonchev–Trinajstić information content (AvgIpc) is 3.00. The molecule has 3 aromatic carbocycles. The third-order valence-electron chi connectivity index (χ3n) is 6.58. The first-order valence-corrected chi connectivity index (χ1v) is 14.7. The molecule has 12 heteroatoms. The van der Waals surface area contributed by atoms with Crippen molar-refractivity contribution >= 4 is 34.1 Å². The van der Waals surface area contributed by atoms with Crippen LogP contribution in [0.5, 0.6) is 17.2 Å². The van der Waals surface area contributed by atoms with Gasteiger partial charge in [-0.2, -0.15) is 5.10 Å². The SMILES string of the molecule is CCOc1cc([C@@H]2NC(=O)NC(C)=C2C(=O)OC)ccc1OC[C@H](O)N/N=C\c1ccc(OCc2ccc(C)cc2)c(Br)c1. The van der Waals surface area contributed by atoms with Crippen LogP contribution in [0.2, 0.25) is 0 Å². The molecule has 2 amide bonds. The molecule has 232 valence electrons. The summed E-state index contributed by atoms with van der Waals surface area (Å²) >= 11 is 3.54. The number of methoxy groups -OCH3 is 1. The number of esters is 1. The summed E-state index contributed by atoms with van der Waals surface area (Å²) < 4.78 is 23.2. The van der Waals surface area contributed by atoms with Crippen molar-refractivity contribution in [3.05, 3.63) is 98.7 Å². The fourth-order valence-electron chi connectivity index (χ4n) is 4.38. The molecule has 11 nitrogen and oxygen atoms in total. The van der Waals surface area contributed by atoms with Gasteiger partial charge >= 0.3 is 12.0 Å². The van der Waals surface area contributed by atoms with Crippen molar-refractivity contribution < 1.29 is 33.6 Å². The number of benzene rings is 3. The Morgan fingerprint density at radius 1 is 1.05 bits per heavy atom. The van der Waals surface area contributed by atoms with Crippen LogP contribution >= 0.6 is 15.9 Å². The van der Waals surface area contributed by atoms with Crippen molar-refractivity contribution in [1.29, 1.82) is 0 Å². The van der Waals surface area contributed by atoms with E-state index < -0.39 is 24.3 Å². The van der Waals surface area contributed by atoms with Gasteiger partial charge in [0.2, 0.25) is 0 Å². The van der Waals surface area contributed by atoms with Crippen LogP contribution in [0, 0.1) is 6.92 Å². The second-order valence-electron chi connectivity index (χ2n) is 9.88. The third kappa shape index (κ3) is 8.51. The number of ether oxygens (including phenoxy) is 4. The Kier molecular flexibility index (Phi) is 11.2. The standard InChI is InChI=1S/C32H35BrN4O7/c1-5-42-27-15-23(30-29(31(39)41-4)20(3)35-32(40)36-30)11-13-26(27)44-18-28(38)37-34-16-22-10-12-25(24(33)14-22)43-17-21-8-6-19(2)7-9-21/h6-16,28,30,37-38H,5,17-18H2,1-4H3,(H2,35,36,40)/b34-16-/t28-,30-/m0/s1. The molecule has 0 saturated heterocycles. The Morgan fingerprint density at radius 2 is 1.80 bits per heavy atom. The van der Waals surface area contributed by atoms with E-state index in [2.05, 4.69) is 37.1 Å². The highest BCUT2D eigenvalue weighted by atomic mass is 79.9. The fraction of sp³-hybridized carbons (Fsp3) is 0.281. The van der Waals surface area contributed by atoms with Crippen LogP contribution in [-0.2, 0) is 16.1 Å².